The van der Waals surface area contributed by atoms with Crippen molar-refractivity contribution in [2.24, 2.45) is 11.7 Å². The molecule has 2 rings (SSSR count). The van der Waals surface area contributed by atoms with Gasteiger partial charge in [0.1, 0.15) is 0 Å². The minimum absolute atomic E-state index is 0.0292. The maximum atomic E-state index is 12.1. The number of carbonyl (C=O) groups excluding carboxylic acids is 1. The fraction of sp³-hybridized carbons (Fsp3) is 0.588. The highest BCUT2D eigenvalue weighted by Gasteiger charge is 2.22. The van der Waals surface area contributed by atoms with Gasteiger partial charge >= 0.3 is 6.03 Å². The van der Waals surface area contributed by atoms with E-state index in [1.807, 2.05) is 31.2 Å². The molecule has 3 unspecified atom stereocenters. The molecule has 21 heavy (non-hydrogen) atoms. The third-order valence-electron chi connectivity index (χ3n) is 4.37. The molecule has 0 spiro atoms. The molecule has 3 atom stereocenters. The monoisotopic (exact) mass is 289 g/mol. The van der Waals surface area contributed by atoms with Gasteiger partial charge in [-0.2, -0.15) is 0 Å². The molecule has 1 fully saturated rings. The maximum absolute atomic E-state index is 12.1. The van der Waals surface area contributed by atoms with Crippen molar-refractivity contribution >= 4 is 11.7 Å². The number of rotatable bonds is 4. The predicted molar refractivity (Wildman–Crippen MR) is 87.2 cm³/mol. The zero-order valence-electron chi connectivity index (χ0n) is 13.1. The average Bonchev–Trinajstić information content (AvgIpc) is 2.47. The highest BCUT2D eigenvalue weighted by molar-refractivity contribution is 5.89. The van der Waals surface area contributed by atoms with Gasteiger partial charge in [0.2, 0.25) is 0 Å². The first kappa shape index (κ1) is 15.8. The fourth-order valence-corrected chi connectivity index (χ4v) is 3.05. The smallest absolute Gasteiger partial charge is 0.319 e. The molecule has 4 heteroatoms. The van der Waals surface area contributed by atoms with Crippen LogP contribution in [0.15, 0.2) is 24.3 Å². The molecule has 4 N–H and O–H groups in total. The van der Waals surface area contributed by atoms with Gasteiger partial charge in [0.05, 0.1) is 0 Å². The van der Waals surface area contributed by atoms with E-state index in [1.54, 1.807) is 0 Å². The number of hydrogen-bond donors (Lipinski definition) is 3. The Morgan fingerprint density at radius 2 is 2.24 bits per heavy atom. The van der Waals surface area contributed by atoms with Gasteiger partial charge < -0.3 is 16.4 Å². The lowest BCUT2D eigenvalue weighted by Crippen LogP contribution is -2.40. The second-order valence-electron chi connectivity index (χ2n) is 6.15. The summed E-state index contributed by atoms with van der Waals surface area (Å²) in [5, 5.41) is 6.01. The average molecular weight is 289 g/mol. The van der Waals surface area contributed by atoms with Crippen LogP contribution in [0.25, 0.3) is 0 Å². The lowest BCUT2D eigenvalue weighted by molar-refractivity contribution is 0.235. The summed E-state index contributed by atoms with van der Waals surface area (Å²) in [6.45, 7) is 4.17. The van der Waals surface area contributed by atoms with Gasteiger partial charge in [0.15, 0.2) is 0 Å². The number of nitrogens with two attached hydrogens (primary N) is 1. The van der Waals surface area contributed by atoms with Crippen LogP contribution in [0.4, 0.5) is 10.5 Å². The zero-order chi connectivity index (χ0) is 15.2. The molecule has 0 aliphatic heterocycles. The molecule has 2 amide bonds. The van der Waals surface area contributed by atoms with Crippen molar-refractivity contribution in [2.75, 3.05) is 5.32 Å². The van der Waals surface area contributed by atoms with Crippen molar-refractivity contribution in [3.8, 4) is 0 Å². The Morgan fingerprint density at radius 1 is 1.43 bits per heavy atom. The summed E-state index contributed by atoms with van der Waals surface area (Å²) in [5.41, 5.74) is 7.69. The van der Waals surface area contributed by atoms with Gasteiger partial charge in [-0.1, -0.05) is 38.3 Å². The summed E-state index contributed by atoms with van der Waals surface area (Å²) in [5.74, 6) is 0.755. The Hall–Kier alpha value is -1.55. The van der Waals surface area contributed by atoms with Crippen molar-refractivity contribution < 1.29 is 4.79 Å². The van der Waals surface area contributed by atoms with Gasteiger partial charge in [-0.3, -0.25) is 0 Å². The Kier molecular flexibility index (Phi) is 5.62. The number of amides is 2. The first-order valence-corrected chi connectivity index (χ1v) is 8.01. The molecule has 1 aromatic rings. The molecule has 0 bridgehead atoms. The number of nitrogens with one attached hydrogen (secondary N) is 2. The molecule has 1 aromatic carbocycles. The van der Waals surface area contributed by atoms with E-state index in [2.05, 4.69) is 17.6 Å². The molecule has 1 aliphatic carbocycles. The molecular weight excluding hydrogens is 262 g/mol. The molecule has 1 saturated carbocycles. The Labute approximate surface area is 127 Å². The summed E-state index contributed by atoms with van der Waals surface area (Å²) in [6, 6.07) is 7.88. The first-order valence-electron chi connectivity index (χ1n) is 8.01. The maximum Gasteiger partial charge on any atom is 0.319 e. The van der Waals surface area contributed by atoms with E-state index in [1.165, 1.54) is 19.3 Å². The zero-order valence-corrected chi connectivity index (χ0v) is 13.1. The highest BCUT2D eigenvalue weighted by atomic mass is 16.2. The second-order valence-corrected chi connectivity index (χ2v) is 6.15. The summed E-state index contributed by atoms with van der Waals surface area (Å²) in [6.07, 6.45) is 5.90. The predicted octanol–water partition coefficient (Wildman–Crippen LogP) is 3.80. The quantitative estimate of drug-likeness (QED) is 0.789. The van der Waals surface area contributed by atoms with Crippen LogP contribution in [0.2, 0.25) is 0 Å². The molecule has 0 aromatic heterocycles. The largest absolute Gasteiger partial charge is 0.335 e. The Morgan fingerprint density at radius 3 is 2.95 bits per heavy atom. The van der Waals surface area contributed by atoms with Crippen LogP contribution in [-0.2, 0) is 0 Å². The number of anilines is 1. The van der Waals surface area contributed by atoms with Crippen LogP contribution in [0.3, 0.4) is 0 Å². The standard InChI is InChI=1S/C17H27N3O/c1-3-13-6-4-8-15(10-13)19-17(21)20-16-9-5-7-14(11-16)12(2)18/h5,7,9,11-13,15H,3-4,6,8,10,18H2,1-2H3,(H2,19,20,21). The summed E-state index contributed by atoms with van der Waals surface area (Å²) in [4.78, 5) is 12.1. The van der Waals surface area contributed by atoms with Crippen molar-refractivity contribution in [3.63, 3.8) is 0 Å². The van der Waals surface area contributed by atoms with Crippen LogP contribution in [0.5, 0.6) is 0 Å². The van der Waals surface area contributed by atoms with Crippen LogP contribution in [-0.4, -0.2) is 12.1 Å². The van der Waals surface area contributed by atoms with Crippen LogP contribution < -0.4 is 16.4 Å². The lowest BCUT2D eigenvalue weighted by Gasteiger charge is -2.29. The summed E-state index contributed by atoms with van der Waals surface area (Å²) < 4.78 is 0. The van der Waals surface area contributed by atoms with Gasteiger partial charge in [0, 0.05) is 17.8 Å². The topological polar surface area (TPSA) is 67.2 Å². The minimum atomic E-state index is -0.112. The van der Waals surface area contributed by atoms with Gasteiger partial charge in [-0.05, 0) is 43.4 Å². The van der Waals surface area contributed by atoms with Gasteiger partial charge in [0.25, 0.3) is 0 Å². The molecule has 0 saturated heterocycles. The molecule has 1 aliphatic rings. The number of hydrogen-bond acceptors (Lipinski definition) is 2. The summed E-state index contributed by atoms with van der Waals surface area (Å²) in [7, 11) is 0. The van der Waals surface area contributed by atoms with Crippen molar-refractivity contribution in [1.29, 1.82) is 0 Å². The number of carbonyl (C=O) groups is 1. The van der Waals surface area contributed by atoms with E-state index in [0.29, 0.717) is 6.04 Å². The second kappa shape index (κ2) is 7.46. The fourth-order valence-electron chi connectivity index (χ4n) is 3.05. The Balaban J connectivity index is 1.88. The SMILES string of the molecule is CCC1CCCC(NC(=O)Nc2cccc(C(C)N)c2)C1. The third-order valence-corrected chi connectivity index (χ3v) is 4.37. The van der Waals surface area contributed by atoms with E-state index >= 15 is 0 Å². The third kappa shape index (κ3) is 4.74. The molecule has 0 radical (unpaired) electrons. The first-order chi connectivity index (χ1) is 10.1. The van der Waals surface area contributed by atoms with Gasteiger partial charge in [-0.15, -0.1) is 0 Å². The van der Waals surface area contributed by atoms with E-state index in [4.69, 9.17) is 5.73 Å². The van der Waals surface area contributed by atoms with E-state index in [9.17, 15) is 4.79 Å². The normalized spacial score (nSPS) is 23.4. The van der Waals surface area contributed by atoms with Crippen molar-refractivity contribution in [3.05, 3.63) is 29.8 Å². The van der Waals surface area contributed by atoms with E-state index < -0.39 is 0 Å². The number of benzene rings is 1. The lowest BCUT2D eigenvalue weighted by atomic mass is 9.84. The Bertz CT molecular complexity index is 473. The van der Waals surface area contributed by atoms with Crippen LogP contribution in [0, 0.1) is 5.92 Å². The van der Waals surface area contributed by atoms with E-state index in [-0.39, 0.29) is 12.1 Å². The summed E-state index contributed by atoms with van der Waals surface area (Å²) >= 11 is 0. The number of urea groups is 1. The highest BCUT2D eigenvalue weighted by Crippen LogP contribution is 2.26. The molecule has 0 heterocycles. The minimum Gasteiger partial charge on any atom is -0.335 e. The molecule has 4 nitrogen and oxygen atoms in total. The molecule has 116 valence electrons. The van der Waals surface area contributed by atoms with Gasteiger partial charge in [-0.25, -0.2) is 4.79 Å². The molecular formula is C17H27N3O. The van der Waals surface area contributed by atoms with Crippen molar-refractivity contribution in [2.45, 2.75) is 58.0 Å². The van der Waals surface area contributed by atoms with Crippen LogP contribution >= 0.6 is 0 Å². The van der Waals surface area contributed by atoms with E-state index in [0.717, 1.165) is 30.0 Å². The van der Waals surface area contributed by atoms with Crippen LogP contribution in [0.1, 0.15) is 57.6 Å². The van der Waals surface area contributed by atoms with Crippen molar-refractivity contribution in [1.82, 2.24) is 5.32 Å².